The van der Waals surface area contributed by atoms with Crippen molar-refractivity contribution in [2.45, 2.75) is 258 Å². The number of hydrogen-bond acceptors (Lipinski definition) is 1. The van der Waals surface area contributed by atoms with Crippen LogP contribution in [0.4, 0.5) is 0 Å². The predicted octanol–water partition coefficient (Wildman–Crippen LogP) is 15.1. The molecule has 0 aliphatic rings. The van der Waals surface area contributed by atoms with E-state index in [1.54, 1.807) is 0 Å². The van der Waals surface area contributed by atoms with Crippen molar-refractivity contribution >= 4 is 0 Å². The Morgan fingerprint density at radius 3 is 0.634 bits per heavy atom. The van der Waals surface area contributed by atoms with Crippen molar-refractivity contribution in [2.24, 2.45) is 0 Å². The fraction of sp³-hybridized carbons (Fsp3) is 1.00. The first-order valence-corrected chi connectivity index (χ1v) is 19.7. The van der Waals surface area contributed by atoms with Crippen molar-refractivity contribution < 1.29 is 4.74 Å². The zero-order valence-corrected chi connectivity index (χ0v) is 30.0. The van der Waals surface area contributed by atoms with Gasteiger partial charge < -0.3 is 4.74 Å². The molecule has 2 unspecified atom stereocenters. The van der Waals surface area contributed by atoms with Crippen LogP contribution in [0.25, 0.3) is 0 Å². The van der Waals surface area contributed by atoms with E-state index in [2.05, 4.69) is 41.5 Å². The molecule has 1 heteroatoms. The van der Waals surface area contributed by atoms with Crippen molar-refractivity contribution in [3.63, 3.8) is 0 Å². The number of unbranched alkanes of at least 4 members (excludes halogenated alkanes) is 24. The Hall–Kier alpha value is -0.0400. The third kappa shape index (κ3) is 27.3. The fourth-order valence-corrected chi connectivity index (χ4v) is 6.87. The van der Waals surface area contributed by atoms with Gasteiger partial charge in [0.05, 0.1) is 11.2 Å². The van der Waals surface area contributed by atoms with E-state index in [0.29, 0.717) is 0 Å². The van der Waals surface area contributed by atoms with Gasteiger partial charge in [-0.15, -0.1) is 0 Å². The van der Waals surface area contributed by atoms with Gasteiger partial charge in [0.15, 0.2) is 0 Å². The van der Waals surface area contributed by atoms with Gasteiger partial charge in [0.25, 0.3) is 0 Å². The molecule has 41 heavy (non-hydrogen) atoms. The summed E-state index contributed by atoms with van der Waals surface area (Å²) in [6.07, 6.45) is 44.2. The van der Waals surface area contributed by atoms with Crippen LogP contribution in [0.5, 0.6) is 0 Å². The molecule has 248 valence electrons. The minimum absolute atomic E-state index is 0.0603. The second-order valence-corrected chi connectivity index (χ2v) is 14.5. The minimum Gasteiger partial charge on any atom is -0.369 e. The summed E-state index contributed by atoms with van der Waals surface area (Å²) in [6, 6.07) is 0. The smallest absolute Gasteiger partial charge is 0.0662 e. The van der Waals surface area contributed by atoms with Gasteiger partial charge in [-0.05, 0) is 39.5 Å². The Bertz CT molecular complexity index is 457. The van der Waals surface area contributed by atoms with Gasteiger partial charge >= 0.3 is 0 Å². The second-order valence-electron chi connectivity index (χ2n) is 14.5. The molecule has 0 aromatic rings. The summed E-state index contributed by atoms with van der Waals surface area (Å²) in [5.41, 5.74) is 0.121. The van der Waals surface area contributed by atoms with E-state index < -0.39 is 0 Å². The first-order valence-electron chi connectivity index (χ1n) is 19.7. The molecule has 0 saturated heterocycles. The standard InChI is InChI=1S/C40H82O/c1-7-11-15-19-21-23-25-29-33-37-39(5,35-31-27-17-13-9-3)41-40(6,36-32-28-18-14-10-4)38-34-30-26-24-22-20-16-12-8-2/h7-38H2,1-6H3. The quantitative estimate of drug-likeness (QED) is 0.0690. The summed E-state index contributed by atoms with van der Waals surface area (Å²) in [7, 11) is 0. The number of ether oxygens (including phenoxy) is 1. The first kappa shape index (κ1) is 41.0. The van der Waals surface area contributed by atoms with Gasteiger partial charge in [0, 0.05) is 0 Å². The molecule has 0 saturated carbocycles. The molecule has 0 aromatic heterocycles. The van der Waals surface area contributed by atoms with Gasteiger partial charge in [-0.25, -0.2) is 0 Å². The molecule has 0 N–H and O–H groups in total. The number of rotatable bonds is 34. The van der Waals surface area contributed by atoms with Crippen LogP contribution in [-0.2, 0) is 4.74 Å². The van der Waals surface area contributed by atoms with Crippen molar-refractivity contribution in [3.8, 4) is 0 Å². The zero-order valence-electron chi connectivity index (χ0n) is 30.0. The van der Waals surface area contributed by atoms with E-state index in [1.807, 2.05) is 0 Å². The molecule has 0 rings (SSSR count). The lowest BCUT2D eigenvalue weighted by atomic mass is 9.86. The minimum atomic E-state index is 0.0603. The van der Waals surface area contributed by atoms with E-state index in [1.165, 1.54) is 205 Å². The molecule has 0 aliphatic heterocycles. The van der Waals surface area contributed by atoms with Gasteiger partial charge in [-0.1, -0.05) is 207 Å². The lowest BCUT2D eigenvalue weighted by molar-refractivity contribution is -0.157. The highest BCUT2D eigenvalue weighted by Gasteiger charge is 2.34. The van der Waals surface area contributed by atoms with Crippen LogP contribution < -0.4 is 0 Å². The summed E-state index contributed by atoms with van der Waals surface area (Å²) in [5, 5.41) is 0. The summed E-state index contributed by atoms with van der Waals surface area (Å²) >= 11 is 0. The predicted molar refractivity (Wildman–Crippen MR) is 188 cm³/mol. The Morgan fingerprint density at radius 2 is 0.439 bits per heavy atom. The highest BCUT2D eigenvalue weighted by molar-refractivity contribution is 4.84. The summed E-state index contributed by atoms with van der Waals surface area (Å²) in [6.45, 7) is 14.3. The third-order valence-corrected chi connectivity index (χ3v) is 9.73. The lowest BCUT2D eigenvalue weighted by Crippen LogP contribution is -2.41. The van der Waals surface area contributed by atoms with E-state index in [-0.39, 0.29) is 11.2 Å². The van der Waals surface area contributed by atoms with Crippen molar-refractivity contribution in [1.29, 1.82) is 0 Å². The molecule has 0 amide bonds. The normalized spacial score (nSPS) is 14.8. The summed E-state index contributed by atoms with van der Waals surface area (Å²) in [5.74, 6) is 0. The number of hydrogen-bond donors (Lipinski definition) is 0. The summed E-state index contributed by atoms with van der Waals surface area (Å²) in [4.78, 5) is 0. The zero-order chi connectivity index (χ0) is 30.3. The van der Waals surface area contributed by atoms with Gasteiger partial charge in [0.2, 0.25) is 0 Å². The first-order chi connectivity index (χ1) is 19.9. The van der Waals surface area contributed by atoms with Crippen LogP contribution in [0, 0.1) is 0 Å². The molecule has 0 bridgehead atoms. The Labute approximate surface area is 262 Å². The van der Waals surface area contributed by atoms with Crippen LogP contribution in [0.2, 0.25) is 0 Å². The van der Waals surface area contributed by atoms with Crippen LogP contribution in [0.3, 0.4) is 0 Å². The molecular weight excluding hydrogens is 496 g/mol. The highest BCUT2D eigenvalue weighted by Crippen LogP contribution is 2.37. The average molecular weight is 579 g/mol. The van der Waals surface area contributed by atoms with Crippen LogP contribution >= 0.6 is 0 Å². The van der Waals surface area contributed by atoms with Crippen LogP contribution in [0.15, 0.2) is 0 Å². The molecule has 0 spiro atoms. The fourth-order valence-electron chi connectivity index (χ4n) is 6.87. The monoisotopic (exact) mass is 579 g/mol. The van der Waals surface area contributed by atoms with Crippen molar-refractivity contribution in [1.82, 2.24) is 0 Å². The molecule has 0 radical (unpaired) electrons. The SMILES string of the molecule is CCCCCCCCCCCC(C)(CCCCCCC)OC(C)(CCCCCCC)CCCCCCCCCCC. The van der Waals surface area contributed by atoms with Crippen molar-refractivity contribution in [2.75, 3.05) is 0 Å². The Kier molecular flexibility index (Phi) is 30.0. The van der Waals surface area contributed by atoms with E-state index in [9.17, 15) is 0 Å². The maximum Gasteiger partial charge on any atom is 0.0662 e. The molecule has 0 aliphatic carbocycles. The average Bonchev–Trinajstić information content (AvgIpc) is 2.95. The summed E-state index contributed by atoms with van der Waals surface area (Å²) < 4.78 is 7.38. The molecule has 0 heterocycles. The topological polar surface area (TPSA) is 9.23 Å². The van der Waals surface area contributed by atoms with Crippen LogP contribution in [0.1, 0.15) is 247 Å². The lowest BCUT2D eigenvalue weighted by Gasteiger charge is -2.42. The molecule has 0 fully saturated rings. The van der Waals surface area contributed by atoms with E-state index in [4.69, 9.17) is 4.74 Å². The van der Waals surface area contributed by atoms with Crippen LogP contribution in [-0.4, -0.2) is 11.2 Å². The van der Waals surface area contributed by atoms with E-state index >= 15 is 0 Å². The Morgan fingerprint density at radius 1 is 0.268 bits per heavy atom. The maximum atomic E-state index is 7.38. The Balaban J connectivity index is 4.92. The maximum absolute atomic E-state index is 7.38. The second kappa shape index (κ2) is 30.0. The van der Waals surface area contributed by atoms with E-state index in [0.717, 1.165) is 0 Å². The third-order valence-electron chi connectivity index (χ3n) is 9.73. The van der Waals surface area contributed by atoms with Gasteiger partial charge in [-0.2, -0.15) is 0 Å². The largest absolute Gasteiger partial charge is 0.369 e. The highest BCUT2D eigenvalue weighted by atomic mass is 16.5. The van der Waals surface area contributed by atoms with Crippen molar-refractivity contribution in [3.05, 3.63) is 0 Å². The molecule has 2 atom stereocenters. The van der Waals surface area contributed by atoms with Gasteiger partial charge in [0.1, 0.15) is 0 Å². The molecular formula is C40H82O. The molecule has 1 nitrogen and oxygen atoms in total. The molecule has 0 aromatic carbocycles. The van der Waals surface area contributed by atoms with Gasteiger partial charge in [-0.3, -0.25) is 0 Å².